The van der Waals surface area contributed by atoms with Crippen LogP contribution in [0.5, 0.6) is 0 Å². The number of nitrogens with two attached hydrogens (primary N) is 1. The van der Waals surface area contributed by atoms with Gasteiger partial charge in [-0.05, 0) is 49.4 Å². The Hall–Kier alpha value is -0.380. The van der Waals surface area contributed by atoms with Gasteiger partial charge in [0.15, 0.2) is 0 Å². The first-order valence-corrected chi connectivity index (χ1v) is 8.12. The van der Waals surface area contributed by atoms with E-state index in [9.17, 15) is 4.21 Å². The van der Waals surface area contributed by atoms with Crippen LogP contribution in [0.15, 0.2) is 29.2 Å². The molecule has 0 saturated heterocycles. The molecule has 0 heterocycles. The van der Waals surface area contributed by atoms with Crippen LogP contribution >= 0.6 is 11.6 Å². The Balaban J connectivity index is 2.13. The lowest BCUT2D eigenvalue weighted by molar-refractivity contribution is 0.324. The fraction of sp³-hybridized carbons (Fsp3) is 0.571. The highest BCUT2D eigenvalue weighted by Crippen LogP contribution is 2.31. The molecule has 100 valence electrons. The number of benzene rings is 1. The van der Waals surface area contributed by atoms with Gasteiger partial charge in [0.1, 0.15) is 0 Å². The van der Waals surface area contributed by atoms with Gasteiger partial charge in [-0.25, -0.2) is 0 Å². The molecule has 0 radical (unpaired) electrons. The predicted molar refractivity (Wildman–Crippen MR) is 77.3 cm³/mol. The molecule has 1 aliphatic rings. The van der Waals surface area contributed by atoms with E-state index in [1.807, 2.05) is 12.1 Å². The van der Waals surface area contributed by atoms with Gasteiger partial charge in [-0.3, -0.25) is 4.21 Å². The van der Waals surface area contributed by atoms with Crippen LogP contribution in [0.25, 0.3) is 0 Å². The van der Waals surface area contributed by atoms with E-state index in [2.05, 4.69) is 6.92 Å². The number of rotatable bonds is 3. The third-order valence-corrected chi connectivity index (χ3v) is 5.93. The normalized spacial score (nSPS) is 30.1. The van der Waals surface area contributed by atoms with E-state index in [1.165, 1.54) is 6.42 Å². The van der Waals surface area contributed by atoms with Gasteiger partial charge < -0.3 is 5.73 Å². The van der Waals surface area contributed by atoms with E-state index >= 15 is 0 Å². The maximum absolute atomic E-state index is 12.6. The monoisotopic (exact) mass is 285 g/mol. The summed E-state index contributed by atoms with van der Waals surface area (Å²) in [7, 11) is -1.01. The Morgan fingerprint density at radius 1 is 1.33 bits per heavy atom. The second kappa shape index (κ2) is 6.18. The highest BCUT2D eigenvalue weighted by Gasteiger charge is 2.32. The molecule has 1 saturated carbocycles. The minimum absolute atomic E-state index is 0.0595. The highest BCUT2D eigenvalue weighted by atomic mass is 35.5. The Bertz CT molecular complexity index is 420. The van der Waals surface area contributed by atoms with Crippen LogP contribution in [0.3, 0.4) is 0 Å². The summed E-state index contributed by atoms with van der Waals surface area (Å²) in [4.78, 5) is 0.844. The lowest BCUT2D eigenvalue weighted by atomic mass is 9.84. The molecule has 1 aromatic rings. The summed E-state index contributed by atoms with van der Waals surface area (Å²) in [5, 5.41) is 0.764. The molecule has 0 amide bonds. The molecule has 4 heteroatoms. The summed E-state index contributed by atoms with van der Waals surface area (Å²) in [5.41, 5.74) is 6.14. The van der Waals surface area contributed by atoms with Crippen LogP contribution in [0, 0.1) is 5.92 Å². The van der Waals surface area contributed by atoms with Crippen LogP contribution in [0.2, 0.25) is 5.02 Å². The van der Waals surface area contributed by atoms with Crippen LogP contribution in [0.1, 0.15) is 32.6 Å². The van der Waals surface area contributed by atoms with Crippen molar-refractivity contribution in [3.05, 3.63) is 29.3 Å². The van der Waals surface area contributed by atoms with Crippen LogP contribution in [-0.2, 0) is 10.8 Å². The fourth-order valence-electron chi connectivity index (χ4n) is 2.60. The molecule has 4 unspecified atom stereocenters. The summed E-state index contributed by atoms with van der Waals surface area (Å²) in [5.74, 6) is 0.672. The van der Waals surface area contributed by atoms with Crippen LogP contribution in [0.4, 0.5) is 0 Å². The van der Waals surface area contributed by atoms with Crippen molar-refractivity contribution in [1.82, 2.24) is 0 Å². The summed E-state index contributed by atoms with van der Waals surface area (Å²) < 4.78 is 12.6. The first-order valence-electron chi connectivity index (χ1n) is 6.53. The maximum Gasteiger partial charge on any atom is 0.0576 e. The van der Waals surface area contributed by atoms with Gasteiger partial charge in [-0.15, -0.1) is 0 Å². The molecule has 0 aliphatic heterocycles. The number of halogens is 1. The van der Waals surface area contributed by atoms with E-state index in [-0.39, 0.29) is 11.3 Å². The van der Waals surface area contributed by atoms with Crippen LogP contribution < -0.4 is 5.73 Å². The second-order valence-corrected chi connectivity index (χ2v) is 7.15. The molecule has 0 aromatic heterocycles. The topological polar surface area (TPSA) is 43.1 Å². The van der Waals surface area contributed by atoms with Gasteiger partial charge in [0.25, 0.3) is 0 Å². The van der Waals surface area contributed by atoms with Crippen molar-refractivity contribution in [2.45, 2.75) is 48.8 Å². The van der Waals surface area contributed by atoms with Crippen molar-refractivity contribution in [2.75, 3.05) is 0 Å². The smallest absolute Gasteiger partial charge is 0.0576 e. The first kappa shape index (κ1) is 14.0. The maximum atomic E-state index is 12.6. The summed E-state index contributed by atoms with van der Waals surface area (Å²) in [6.45, 7) is 2.20. The first-order chi connectivity index (χ1) is 8.61. The number of hydrogen-bond acceptors (Lipinski definition) is 2. The summed E-state index contributed by atoms with van der Waals surface area (Å²) >= 11 is 5.85. The second-order valence-electron chi connectivity index (χ2n) is 5.04. The minimum Gasteiger partial charge on any atom is -0.327 e. The average Bonchev–Trinajstić information content (AvgIpc) is 2.39. The SMILES string of the molecule is CCC1CCC(N)C(S(=O)c2ccc(Cl)cc2)C1. The quantitative estimate of drug-likeness (QED) is 0.925. The van der Waals surface area contributed by atoms with Gasteiger partial charge in [0, 0.05) is 16.0 Å². The van der Waals surface area contributed by atoms with E-state index in [1.54, 1.807) is 12.1 Å². The summed E-state index contributed by atoms with van der Waals surface area (Å²) in [6.07, 6.45) is 4.29. The van der Waals surface area contributed by atoms with E-state index in [4.69, 9.17) is 17.3 Å². The van der Waals surface area contributed by atoms with Crippen molar-refractivity contribution < 1.29 is 4.21 Å². The summed E-state index contributed by atoms with van der Waals surface area (Å²) in [6, 6.07) is 7.34. The van der Waals surface area contributed by atoms with E-state index < -0.39 is 10.8 Å². The third-order valence-electron chi connectivity index (χ3n) is 3.85. The van der Waals surface area contributed by atoms with Crippen molar-refractivity contribution in [3.63, 3.8) is 0 Å². The molecule has 0 spiro atoms. The predicted octanol–water partition coefficient (Wildman–Crippen LogP) is 3.35. The van der Waals surface area contributed by atoms with Crippen molar-refractivity contribution >= 4 is 22.4 Å². The van der Waals surface area contributed by atoms with Gasteiger partial charge in [-0.2, -0.15) is 0 Å². The Labute approximate surface area is 116 Å². The molecule has 0 bridgehead atoms. The molecular formula is C14H20ClNOS. The highest BCUT2D eigenvalue weighted by molar-refractivity contribution is 7.85. The molecule has 18 heavy (non-hydrogen) atoms. The van der Waals surface area contributed by atoms with E-state index in [0.717, 1.165) is 24.2 Å². The minimum atomic E-state index is -1.01. The van der Waals surface area contributed by atoms with Crippen molar-refractivity contribution in [3.8, 4) is 0 Å². The molecule has 2 N–H and O–H groups in total. The largest absolute Gasteiger partial charge is 0.327 e. The Kier molecular flexibility index (Phi) is 4.82. The lowest BCUT2D eigenvalue weighted by Gasteiger charge is -2.33. The standard InChI is InChI=1S/C14H20ClNOS/c1-2-10-3-8-13(16)14(9-10)18(17)12-6-4-11(15)5-7-12/h4-7,10,13-14H,2-3,8-9,16H2,1H3. The Morgan fingerprint density at radius 2 is 2.00 bits per heavy atom. The lowest BCUT2D eigenvalue weighted by Crippen LogP contribution is -2.42. The molecule has 4 atom stereocenters. The fourth-order valence-corrected chi connectivity index (χ4v) is 4.38. The zero-order chi connectivity index (χ0) is 13.1. The number of hydrogen-bond donors (Lipinski definition) is 1. The van der Waals surface area contributed by atoms with Gasteiger partial charge in [0.05, 0.1) is 16.0 Å². The third kappa shape index (κ3) is 3.14. The van der Waals surface area contributed by atoms with Gasteiger partial charge >= 0.3 is 0 Å². The van der Waals surface area contributed by atoms with Crippen LogP contribution in [-0.4, -0.2) is 15.5 Å². The zero-order valence-electron chi connectivity index (χ0n) is 10.6. The van der Waals surface area contributed by atoms with Crippen molar-refractivity contribution in [2.24, 2.45) is 11.7 Å². The molecule has 2 rings (SSSR count). The molecular weight excluding hydrogens is 266 g/mol. The van der Waals surface area contributed by atoms with Crippen molar-refractivity contribution in [1.29, 1.82) is 0 Å². The average molecular weight is 286 g/mol. The van der Waals surface area contributed by atoms with E-state index in [0.29, 0.717) is 10.9 Å². The molecule has 1 fully saturated rings. The molecule has 1 aliphatic carbocycles. The van der Waals surface area contributed by atoms with Gasteiger partial charge in [-0.1, -0.05) is 24.9 Å². The Morgan fingerprint density at radius 3 is 2.61 bits per heavy atom. The van der Waals surface area contributed by atoms with Gasteiger partial charge in [0.2, 0.25) is 0 Å². The molecule has 2 nitrogen and oxygen atoms in total. The zero-order valence-corrected chi connectivity index (χ0v) is 12.2. The molecule has 1 aromatic carbocycles.